The van der Waals surface area contributed by atoms with Gasteiger partial charge in [-0.05, 0) is 66.9 Å². The number of rotatable bonds is 10. The summed E-state index contributed by atoms with van der Waals surface area (Å²) in [4.78, 5) is 23.6. The third-order valence-electron chi connectivity index (χ3n) is 4.62. The van der Waals surface area contributed by atoms with Gasteiger partial charge in [-0.15, -0.1) is 0 Å². The van der Waals surface area contributed by atoms with Gasteiger partial charge in [0.1, 0.15) is 5.75 Å². The molecule has 0 aromatic heterocycles. The first-order chi connectivity index (χ1) is 15.1. The van der Waals surface area contributed by atoms with E-state index in [9.17, 15) is 9.59 Å². The summed E-state index contributed by atoms with van der Waals surface area (Å²) in [6.07, 6.45) is 1.94. The molecular weight excluding hydrogens is 392 g/mol. The van der Waals surface area contributed by atoms with E-state index in [1.807, 2.05) is 42.5 Å². The first-order valence-corrected chi connectivity index (χ1v) is 10.1. The van der Waals surface area contributed by atoms with Crippen molar-refractivity contribution in [3.05, 3.63) is 90.0 Å². The Morgan fingerprint density at radius 2 is 1.52 bits per heavy atom. The Kier molecular flexibility index (Phi) is 8.05. The van der Waals surface area contributed by atoms with E-state index in [2.05, 4.69) is 27.5 Å². The molecule has 0 fully saturated rings. The highest BCUT2D eigenvalue weighted by Gasteiger charge is 2.06. The van der Waals surface area contributed by atoms with E-state index in [-0.39, 0.29) is 12.5 Å². The number of benzene rings is 3. The van der Waals surface area contributed by atoms with Crippen molar-refractivity contribution in [2.24, 2.45) is 0 Å². The third-order valence-corrected chi connectivity index (χ3v) is 4.62. The van der Waals surface area contributed by atoms with Crippen molar-refractivity contribution >= 4 is 23.3 Å². The van der Waals surface area contributed by atoms with Crippen LogP contribution < -0.4 is 15.4 Å². The zero-order chi connectivity index (χ0) is 21.9. The van der Waals surface area contributed by atoms with Crippen LogP contribution in [0.2, 0.25) is 0 Å². The van der Waals surface area contributed by atoms with E-state index in [0.717, 1.165) is 24.3 Å². The molecule has 0 aliphatic heterocycles. The maximum absolute atomic E-state index is 12.1. The number of amides is 1. The number of nitrogens with one attached hydrogen (secondary N) is 2. The lowest BCUT2D eigenvalue weighted by atomic mass is 10.1. The summed E-state index contributed by atoms with van der Waals surface area (Å²) in [6, 6.07) is 24.4. The van der Waals surface area contributed by atoms with E-state index < -0.39 is 5.97 Å². The van der Waals surface area contributed by atoms with Crippen LogP contribution in [0.5, 0.6) is 5.75 Å². The second kappa shape index (κ2) is 11.4. The number of hydrogen-bond donors (Lipinski definition) is 2. The van der Waals surface area contributed by atoms with E-state index in [1.165, 1.54) is 12.7 Å². The Labute approximate surface area is 182 Å². The summed E-state index contributed by atoms with van der Waals surface area (Å²) >= 11 is 0. The molecule has 0 atom stereocenters. The zero-order valence-electron chi connectivity index (χ0n) is 17.5. The van der Waals surface area contributed by atoms with Crippen molar-refractivity contribution in [1.29, 1.82) is 0 Å². The molecule has 3 aromatic carbocycles. The quantitative estimate of drug-likeness (QED) is 0.374. The van der Waals surface area contributed by atoms with Crippen molar-refractivity contribution in [2.45, 2.75) is 12.8 Å². The maximum atomic E-state index is 12.1. The van der Waals surface area contributed by atoms with Crippen LogP contribution in [0.25, 0.3) is 0 Å². The number of hydrogen-bond acceptors (Lipinski definition) is 5. The standard InChI is InChI=1S/C25H26N2O4/c1-30-25(29)20-9-11-22(12-10-20)27-24(28)18-26-21-13-15-23(16-14-21)31-17-5-8-19-6-3-2-4-7-19/h2-4,6-7,9-16,26H,5,8,17-18H2,1H3,(H,27,28). The average molecular weight is 418 g/mol. The predicted octanol–water partition coefficient (Wildman–Crippen LogP) is 4.54. The van der Waals surface area contributed by atoms with Crippen molar-refractivity contribution in [3.8, 4) is 5.75 Å². The number of esters is 1. The molecular formula is C25H26N2O4. The van der Waals surface area contributed by atoms with Gasteiger partial charge in [-0.2, -0.15) is 0 Å². The molecule has 6 heteroatoms. The van der Waals surface area contributed by atoms with Gasteiger partial charge in [-0.25, -0.2) is 4.79 Å². The van der Waals surface area contributed by atoms with E-state index in [0.29, 0.717) is 17.9 Å². The second-order valence-corrected chi connectivity index (χ2v) is 6.93. The van der Waals surface area contributed by atoms with E-state index in [1.54, 1.807) is 24.3 Å². The molecule has 0 saturated carbocycles. The highest BCUT2D eigenvalue weighted by molar-refractivity contribution is 5.95. The van der Waals surface area contributed by atoms with Crippen LogP contribution in [0, 0.1) is 0 Å². The molecule has 160 valence electrons. The molecule has 0 radical (unpaired) electrons. The Bertz CT molecular complexity index is 971. The molecule has 31 heavy (non-hydrogen) atoms. The summed E-state index contributed by atoms with van der Waals surface area (Å²) in [5.41, 5.74) is 3.18. The molecule has 3 aromatic rings. The van der Waals surface area contributed by atoms with Gasteiger partial charge in [-0.1, -0.05) is 30.3 Å². The summed E-state index contributed by atoms with van der Waals surface area (Å²) in [7, 11) is 1.33. The van der Waals surface area contributed by atoms with Crippen molar-refractivity contribution in [2.75, 3.05) is 30.9 Å². The fourth-order valence-electron chi connectivity index (χ4n) is 2.98. The molecule has 3 rings (SSSR count). The van der Waals surface area contributed by atoms with E-state index >= 15 is 0 Å². The number of aryl methyl sites for hydroxylation is 1. The van der Waals surface area contributed by atoms with Gasteiger partial charge >= 0.3 is 5.97 Å². The first kappa shape index (κ1) is 21.9. The largest absolute Gasteiger partial charge is 0.494 e. The van der Waals surface area contributed by atoms with Gasteiger partial charge in [0.2, 0.25) is 5.91 Å². The van der Waals surface area contributed by atoms with Crippen molar-refractivity contribution in [1.82, 2.24) is 0 Å². The molecule has 0 spiro atoms. The molecule has 0 saturated heterocycles. The SMILES string of the molecule is COC(=O)c1ccc(NC(=O)CNc2ccc(OCCCc3ccccc3)cc2)cc1. The zero-order valence-corrected chi connectivity index (χ0v) is 17.5. The minimum atomic E-state index is -0.414. The molecule has 0 aliphatic rings. The predicted molar refractivity (Wildman–Crippen MR) is 122 cm³/mol. The Balaban J connectivity index is 1.37. The van der Waals surface area contributed by atoms with E-state index in [4.69, 9.17) is 4.74 Å². The summed E-state index contributed by atoms with van der Waals surface area (Å²) in [5.74, 6) is 0.198. The Morgan fingerprint density at radius 1 is 0.839 bits per heavy atom. The normalized spacial score (nSPS) is 10.2. The summed E-state index contributed by atoms with van der Waals surface area (Å²) < 4.78 is 10.4. The van der Waals surface area contributed by atoms with Crippen LogP contribution in [-0.4, -0.2) is 32.1 Å². The van der Waals surface area contributed by atoms with Crippen LogP contribution >= 0.6 is 0 Å². The monoisotopic (exact) mass is 418 g/mol. The molecule has 1 amide bonds. The van der Waals surface area contributed by atoms with Crippen LogP contribution in [0.1, 0.15) is 22.3 Å². The lowest BCUT2D eigenvalue weighted by Crippen LogP contribution is -2.21. The van der Waals surface area contributed by atoms with Crippen LogP contribution in [-0.2, 0) is 16.0 Å². The number of methoxy groups -OCH3 is 1. The lowest BCUT2D eigenvalue weighted by Gasteiger charge is -2.10. The Morgan fingerprint density at radius 3 is 2.19 bits per heavy atom. The Hall–Kier alpha value is -3.80. The van der Waals surface area contributed by atoms with Crippen LogP contribution in [0.4, 0.5) is 11.4 Å². The molecule has 0 aliphatic carbocycles. The van der Waals surface area contributed by atoms with Crippen LogP contribution in [0.3, 0.4) is 0 Å². The molecule has 0 bridgehead atoms. The third kappa shape index (κ3) is 7.19. The van der Waals surface area contributed by atoms with Gasteiger partial charge in [0, 0.05) is 11.4 Å². The number of ether oxygens (including phenoxy) is 2. The topological polar surface area (TPSA) is 76.7 Å². The first-order valence-electron chi connectivity index (χ1n) is 10.1. The van der Waals surface area contributed by atoms with Crippen LogP contribution in [0.15, 0.2) is 78.9 Å². The molecule has 6 nitrogen and oxygen atoms in total. The van der Waals surface area contributed by atoms with Gasteiger partial charge < -0.3 is 20.1 Å². The highest BCUT2D eigenvalue weighted by atomic mass is 16.5. The number of anilines is 2. The molecule has 2 N–H and O–H groups in total. The number of carbonyl (C=O) groups is 2. The van der Waals surface area contributed by atoms with Gasteiger partial charge in [0.05, 0.1) is 25.8 Å². The number of carbonyl (C=O) groups excluding carboxylic acids is 2. The minimum absolute atomic E-state index is 0.121. The highest BCUT2D eigenvalue weighted by Crippen LogP contribution is 2.16. The fourth-order valence-corrected chi connectivity index (χ4v) is 2.98. The fraction of sp³-hybridized carbons (Fsp3) is 0.200. The smallest absolute Gasteiger partial charge is 0.337 e. The second-order valence-electron chi connectivity index (χ2n) is 6.93. The average Bonchev–Trinajstić information content (AvgIpc) is 2.82. The maximum Gasteiger partial charge on any atom is 0.337 e. The minimum Gasteiger partial charge on any atom is -0.494 e. The summed E-state index contributed by atoms with van der Waals surface area (Å²) in [5, 5.41) is 5.85. The van der Waals surface area contributed by atoms with Crippen molar-refractivity contribution in [3.63, 3.8) is 0 Å². The van der Waals surface area contributed by atoms with Crippen molar-refractivity contribution < 1.29 is 19.1 Å². The molecule has 0 unspecified atom stereocenters. The molecule has 0 heterocycles. The van der Waals surface area contributed by atoms with Gasteiger partial charge in [0.25, 0.3) is 0 Å². The summed E-state index contributed by atoms with van der Waals surface area (Å²) in [6.45, 7) is 0.773. The van der Waals surface area contributed by atoms with Gasteiger partial charge in [0.15, 0.2) is 0 Å². The van der Waals surface area contributed by atoms with Gasteiger partial charge in [-0.3, -0.25) is 4.79 Å². The lowest BCUT2D eigenvalue weighted by molar-refractivity contribution is -0.114.